The number of nitrogens with zero attached hydrogens (tertiary/aromatic N) is 4. The second kappa shape index (κ2) is 8.37. The van der Waals surface area contributed by atoms with Crippen LogP contribution in [0.15, 0.2) is 24.3 Å². The molecule has 1 aliphatic heterocycles. The van der Waals surface area contributed by atoms with Gasteiger partial charge in [-0.2, -0.15) is 10.4 Å². The van der Waals surface area contributed by atoms with Crippen molar-refractivity contribution < 1.29 is 4.74 Å². The van der Waals surface area contributed by atoms with E-state index in [0.29, 0.717) is 16.4 Å². The molecule has 1 aromatic carbocycles. The number of aryl methyl sites for hydroxylation is 1. The number of hydrogen-bond donors (Lipinski definition) is 0. The molecule has 1 aromatic heterocycles. The maximum absolute atomic E-state index is 9.67. The molecule has 3 rings (SSSR count). The van der Waals surface area contributed by atoms with Gasteiger partial charge >= 0.3 is 0 Å². The van der Waals surface area contributed by atoms with Crippen molar-refractivity contribution in [3.63, 3.8) is 0 Å². The summed E-state index contributed by atoms with van der Waals surface area (Å²) in [6, 6.07) is 9.90. The fourth-order valence-corrected chi connectivity index (χ4v) is 3.59. The first-order valence-electron chi connectivity index (χ1n) is 9.12. The molecule has 136 valence electrons. The molecule has 0 saturated carbocycles. The van der Waals surface area contributed by atoms with E-state index in [0.717, 1.165) is 55.8 Å². The minimum absolute atomic E-state index is 0.116. The highest BCUT2D eigenvalue weighted by molar-refractivity contribution is 6.32. The molecule has 5 nitrogen and oxygen atoms in total. The number of nitriles is 1. The Labute approximate surface area is 159 Å². The summed E-state index contributed by atoms with van der Waals surface area (Å²) in [6.45, 7) is 5.67. The summed E-state index contributed by atoms with van der Waals surface area (Å²) in [4.78, 5) is 2.15. The Kier molecular flexibility index (Phi) is 5.95. The van der Waals surface area contributed by atoms with Crippen molar-refractivity contribution in [3.8, 4) is 11.8 Å². The zero-order valence-corrected chi connectivity index (χ0v) is 16.0. The Balaban J connectivity index is 1.72. The van der Waals surface area contributed by atoms with Gasteiger partial charge in [-0.3, -0.25) is 0 Å². The molecular weight excluding hydrogens is 348 g/mol. The van der Waals surface area contributed by atoms with Crippen LogP contribution in [0.25, 0.3) is 0 Å². The van der Waals surface area contributed by atoms with Crippen LogP contribution < -0.4 is 9.64 Å². The molecule has 0 amide bonds. The molecule has 0 N–H and O–H groups in total. The highest BCUT2D eigenvalue weighted by Crippen LogP contribution is 2.29. The third-order valence-corrected chi connectivity index (χ3v) is 5.12. The molecule has 1 fully saturated rings. The maximum Gasteiger partial charge on any atom is 0.169 e. The topological polar surface area (TPSA) is 62.0 Å². The molecule has 1 saturated heterocycles. The van der Waals surface area contributed by atoms with Crippen LogP contribution in [-0.2, 0) is 12.8 Å². The van der Waals surface area contributed by atoms with Gasteiger partial charge in [0.1, 0.15) is 23.5 Å². The Bertz CT molecular complexity index is 810. The van der Waals surface area contributed by atoms with Crippen molar-refractivity contribution in [1.82, 2.24) is 10.2 Å². The summed E-state index contributed by atoms with van der Waals surface area (Å²) in [5, 5.41) is 19.0. The number of hydrogen-bond acceptors (Lipinski definition) is 5. The van der Waals surface area contributed by atoms with Crippen LogP contribution in [0.2, 0.25) is 5.02 Å². The van der Waals surface area contributed by atoms with E-state index in [1.807, 2.05) is 31.2 Å². The van der Waals surface area contributed by atoms with Crippen LogP contribution in [0, 0.1) is 11.3 Å². The van der Waals surface area contributed by atoms with Crippen LogP contribution >= 0.6 is 11.6 Å². The first-order valence-corrected chi connectivity index (χ1v) is 9.50. The minimum Gasteiger partial charge on any atom is -0.489 e. The normalized spacial score (nSPS) is 14.9. The largest absolute Gasteiger partial charge is 0.489 e. The Morgan fingerprint density at radius 3 is 2.54 bits per heavy atom. The molecule has 0 unspecified atom stereocenters. The number of piperidine rings is 1. The highest BCUT2D eigenvalue weighted by Gasteiger charge is 2.25. The molecule has 0 radical (unpaired) electrons. The molecule has 0 atom stereocenters. The van der Waals surface area contributed by atoms with E-state index < -0.39 is 0 Å². The molecule has 1 aliphatic rings. The molecule has 6 heteroatoms. The summed E-state index contributed by atoms with van der Waals surface area (Å²) in [5.74, 6) is 1.43. The van der Waals surface area contributed by atoms with E-state index in [1.54, 1.807) is 0 Å². The smallest absolute Gasteiger partial charge is 0.169 e. The number of rotatable bonds is 5. The van der Waals surface area contributed by atoms with Crippen molar-refractivity contribution in [2.75, 3.05) is 18.0 Å². The third kappa shape index (κ3) is 3.76. The SMILES string of the molecule is CCc1nnc(N2CCC(Oc3ccccc3Cl)CC2)c(C#N)c1CC. The lowest BCUT2D eigenvalue weighted by molar-refractivity contribution is 0.171. The van der Waals surface area contributed by atoms with Gasteiger partial charge in [0.2, 0.25) is 0 Å². The van der Waals surface area contributed by atoms with Crippen molar-refractivity contribution in [1.29, 1.82) is 5.26 Å². The number of benzene rings is 1. The van der Waals surface area contributed by atoms with Gasteiger partial charge in [-0.25, -0.2) is 0 Å². The third-order valence-electron chi connectivity index (χ3n) is 4.81. The second-order valence-corrected chi connectivity index (χ2v) is 6.78. The molecule has 26 heavy (non-hydrogen) atoms. The lowest BCUT2D eigenvalue weighted by Gasteiger charge is -2.33. The van der Waals surface area contributed by atoms with Crippen LogP contribution in [0.1, 0.15) is 43.5 Å². The molecule has 2 heterocycles. The second-order valence-electron chi connectivity index (χ2n) is 6.38. The zero-order valence-electron chi connectivity index (χ0n) is 15.2. The van der Waals surface area contributed by atoms with E-state index in [4.69, 9.17) is 16.3 Å². The fourth-order valence-electron chi connectivity index (χ4n) is 3.41. The average molecular weight is 371 g/mol. The number of anilines is 1. The maximum atomic E-state index is 9.67. The molecular formula is C20H23ClN4O. The summed E-state index contributed by atoms with van der Waals surface area (Å²) < 4.78 is 6.05. The summed E-state index contributed by atoms with van der Waals surface area (Å²) in [5.41, 5.74) is 2.61. The predicted octanol–water partition coefficient (Wildman–Crippen LogP) is 4.17. The molecule has 0 aliphatic carbocycles. The van der Waals surface area contributed by atoms with E-state index >= 15 is 0 Å². The summed E-state index contributed by atoms with van der Waals surface area (Å²) >= 11 is 6.18. The van der Waals surface area contributed by atoms with E-state index in [1.165, 1.54) is 0 Å². The lowest BCUT2D eigenvalue weighted by atomic mass is 10.0. The summed E-state index contributed by atoms with van der Waals surface area (Å²) in [6.07, 6.45) is 3.41. The van der Waals surface area contributed by atoms with Crippen LogP contribution in [0.4, 0.5) is 5.82 Å². The molecule has 2 aromatic rings. The number of aromatic nitrogens is 2. The highest BCUT2D eigenvalue weighted by atomic mass is 35.5. The summed E-state index contributed by atoms with van der Waals surface area (Å²) in [7, 11) is 0. The van der Waals surface area contributed by atoms with Crippen LogP contribution in [-0.4, -0.2) is 29.4 Å². The zero-order chi connectivity index (χ0) is 18.5. The van der Waals surface area contributed by atoms with Crippen molar-refractivity contribution in [3.05, 3.63) is 46.1 Å². The van der Waals surface area contributed by atoms with E-state index in [-0.39, 0.29) is 6.10 Å². The minimum atomic E-state index is 0.116. The quantitative estimate of drug-likeness (QED) is 0.790. The average Bonchev–Trinajstić information content (AvgIpc) is 2.69. The first-order chi connectivity index (χ1) is 12.7. The standard InChI is InChI=1S/C20H23ClN4O/c1-3-15-16(13-22)20(24-23-18(15)4-2)25-11-9-14(10-12-25)26-19-8-6-5-7-17(19)21/h5-8,14H,3-4,9-12H2,1-2H3. The Hall–Kier alpha value is -2.32. The van der Waals surface area contributed by atoms with Gasteiger partial charge in [0, 0.05) is 25.9 Å². The van der Waals surface area contributed by atoms with Gasteiger partial charge in [-0.15, -0.1) is 5.10 Å². The number of halogens is 1. The molecule has 0 spiro atoms. The van der Waals surface area contributed by atoms with Crippen molar-refractivity contribution >= 4 is 17.4 Å². The predicted molar refractivity (Wildman–Crippen MR) is 103 cm³/mol. The van der Waals surface area contributed by atoms with Gasteiger partial charge in [-0.1, -0.05) is 37.6 Å². The Morgan fingerprint density at radius 2 is 1.92 bits per heavy atom. The van der Waals surface area contributed by atoms with Crippen molar-refractivity contribution in [2.24, 2.45) is 0 Å². The van der Waals surface area contributed by atoms with Gasteiger partial charge < -0.3 is 9.64 Å². The van der Waals surface area contributed by atoms with Crippen LogP contribution in [0.5, 0.6) is 5.75 Å². The number of para-hydroxylation sites is 1. The Morgan fingerprint density at radius 1 is 1.19 bits per heavy atom. The van der Waals surface area contributed by atoms with E-state index in [2.05, 4.69) is 28.1 Å². The number of ether oxygens (including phenoxy) is 1. The van der Waals surface area contributed by atoms with Gasteiger partial charge in [0.05, 0.1) is 10.7 Å². The van der Waals surface area contributed by atoms with Crippen molar-refractivity contribution in [2.45, 2.75) is 45.6 Å². The monoisotopic (exact) mass is 370 g/mol. The molecule has 0 bridgehead atoms. The van der Waals surface area contributed by atoms with Crippen LogP contribution in [0.3, 0.4) is 0 Å². The van der Waals surface area contributed by atoms with Gasteiger partial charge in [0.15, 0.2) is 5.82 Å². The lowest BCUT2D eigenvalue weighted by Crippen LogP contribution is -2.39. The first kappa shape index (κ1) is 18.5. The fraction of sp³-hybridized carbons (Fsp3) is 0.450. The van der Waals surface area contributed by atoms with Gasteiger partial charge in [0.25, 0.3) is 0 Å². The van der Waals surface area contributed by atoms with E-state index in [9.17, 15) is 5.26 Å². The van der Waals surface area contributed by atoms with Gasteiger partial charge in [-0.05, 0) is 30.5 Å².